The lowest BCUT2D eigenvalue weighted by atomic mass is 9.84. The van der Waals surface area contributed by atoms with Crippen molar-refractivity contribution in [2.24, 2.45) is 5.73 Å². The third-order valence-corrected chi connectivity index (χ3v) is 4.17. The molecule has 0 amide bonds. The molecule has 1 aromatic rings. The Labute approximate surface area is 115 Å². The number of rotatable bonds is 5. The summed E-state index contributed by atoms with van der Waals surface area (Å²) in [5.41, 5.74) is 5.16. The van der Waals surface area contributed by atoms with Crippen LogP contribution < -0.4 is 5.73 Å². The SMILES string of the molecule is CCC(CC)(OC)C(N)c1c(F)ccc(Br)c1F. The van der Waals surface area contributed by atoms with E-state index in [0.29, 0.717) is 12.8 Å². The van der Waals surface area contributed by atoms with E-state index < -0.39 is 23.3 Å². The molecule has 0 aliphatic carbocycles. The fourth-order valence-corrected chi connectivity index (χ4v) is 2.54. The van der Waals surface area contributed by atoms with Crippen molar-refractivity contribution in [3.8, 4) is 0 Å². The van der Waals surface area contributed by atoms with Gasteiger partial charge in [-0.25, -0.2) is 8.78 Å². The second kappa shape index (κ2) is 6.08. The Kier molecular flexibility index (Phi) is 5.25. The molecule has 1 rings (SSSR count). The third kappa shape index (κ3) is 2.58. The van der Waals surface area contributed by atoms with Crippen LogP contribution in [0.2, 0.25) is 0 Å². The largest absolute Gasteiger partial charge is 0.376 e. The van der Waals surface area contributed by atoms with Crippen molar-refractivity contribution in [2.75, 3.05) is 7.11 Å². The zero-order chi connectivity index (χ0) is 13.9. The van der Waals surface area contributed by atoms with Crippen molar-refractivity contribution in [2.45, 2.75) is 38.3 Å². The predicted molar refractivity (Wildman–Crippen MR) is 71.3 cm³/mol. The maximum atomic E-state index is 14.0. The molecule has 1 aromatic carbocycles. The molecule has 0 aromatic heterocycles. The number of methoxy groups -OCH3 is 1. The first kappa shape index (κ1) is 15.5. The van der Waals surface area contributed by atoms with Crippen molar-refractivity contribution in [3.63, 3.8) is 0 Å². The molecule has 1 atom stereocenters. The molecule has 2 nitrogen and oxygen atoms in total. The summed E-state index contributed by atoms with van der Waals surface area (Å²) in [6.45, 7) is 3.78. The van der Waals surface area contributed by atoms with Crippen LogP contribution in [0.3, 0.4) is 0 Å². The summed E-state index contributed by atoms with van der Waals surface area (Å²) < 4.78 is 33.5. The van der Waals surface area contributed by atoms with Crippen LogP contribution in [0.15, 0.2) is 16.6 Å². The van der Waals surface area contributed by atoms with Gasteiger partial charge in [0.15, 0.2) is 0 Å². The summed E-state index contributed by atoms with van der Waals surface area (Å²) in [6.07, 6.45) is 1.15. The zero-order valence-electron chi connectivity index (χ0n) is 10.8. The minimum absolute atomic E-state index is 0.130. The van der Waals surface area contributed by atoms with Gasteiger partial charge in [-0.1, -0.05) is 13.8 Å². The molecule has 5 heteroatoms. The average Bonchev–Trinajstić information content (AvgIpc) is 2.37. The van der Waals surface area contributed by atoms with E-state index >= 15 is 0 Å². The monoisotopic (exact) mass is 321 g/mol. The van der Waals surface area contributed by atoms with E-state index in [0.717, 1.165) is 0 Å². The molecular weight excluding hydrogens is 304 g/mol. The number of hydrogen-bond acceptors (Lipinski definition) is 2. The standard InChI is InChI=1S/C13H18BrF2NO/c1-4-13(5-2,18-3)12(17)10-9(15)7-6-8(14)11(10)16/h6-7,12H,4-5,17H2,1-3H3. The third-order valence-electron chi connectivity index (χ3n) is 3.56. The Morgan fingerprint density at radius 1 is 1.33 bits per heavy atom. The zero-order valence-corrected chi connectivity index (χ0v) is 12.4. The molecule has 0 saturated heterocycles. The number of nitrogens with two attached hydrogens (primary N) is 1. The van der Waals surface area contributed by atoms with Gasteiger partial charge >= 0.3 is 0 Å². The van der Waals surface area contributed by atoms with Gasteiger partial charge in [-0.05, 0) is 40.9 Å². The van der Waals surface area contributed by atoms with Gasteiger partial charge in [-0.2, -0.15) is 0 Å². The summed E-state index contributed by atoms with van der Waals surface area (Å²) in [7, 11) is 1.51. The van der Waals surface area contributed by atoms with E-state index in [9.17, 15) is 8.78 Å². The van der Waals surface area contributed by atoms with Gasteiger partial charge in [0.25, 0.3) is 0 Å². The first-order valence-corrected chi connectivity index (χ1v) is 6.67. The maximum absolute atomic E-state index is 14.0. The molecule has 1 unspecified atom stereocenters. The van der Waals surface area contributed by atoms with Crippen molar-refractivity contribution >= 4 is 15.9 Å². The maximum Gasteiger partial charge on any atom is 0.145 e. The summed E-state index contributed by atoms with van der Waals surface area (Å²) in [5, 5.41) is 0. The van der Waals surface area contributed by atoms with E-state index in [2.05, 4.69) is 15.9 Å². The normalized spacial score (nSPS) is 13.7. The van der Waals surface area contributed by atoms with Gasteiger partial charge in [0.1, 0.15) is 11.6 Å². The highest BCUT2D eigenvalue weighted by Crippen LogP contribution is 2.37. The summed E-state index contributed by atoms with van der Waals surface area (Å²) in [6, 6.07) is 1.68. The number of halogens is 3. The highest BCUT2D eigenvalue weighted by Gasteiger charge is 2.37. The van der Waals surface area contributed by atoms with Gasteiger partial charge in [-0.3, -0.25) is 0 Å². The number of ether oxygens (including phenoxy) is 1. The highest BCUT2D eigenvalue weighted by molar-refractivity contribution is 9.10. The van der Waals surface area contributed by atoms with E-state index in [1.165, 1.54) is 19.2 Å². The minimum atomic E-state index is -0.852. The molecule has 102 valence electrons. The highest BCUT2D eigenvalue weighted by atomic mass is 79.9. The lowest BCUT2D eigenvalue weighted by Crippen LogP contribution is -2.43. The Hall–Kier alpha value is -0.520. The molecule has 0 radical (unpaired) electrons. The average molecular weight is 322 g/mol. The second-order valence-electron chi connectivity index (χ2n) is 4.21. The quantitative estimate of drug-likeness (QED) is 0.834. The number of hydrogen-bond donors (Lipinski definition) is 1. The van der Waals surface area contributed by atoms with E-state index in [4.69, 9.17) is 10.5 Å². The van der Waals surface area contributed by atoms with Crippen LogP contribution in [0.4, 0.5) is 8.78 Å². The molecule has 2 N–H and O–H groups in total. The number of benzene rings is 1. The van der Waals surface area contributed by atoms with E-state index in [1.807, 2.05) is 13.8 Å². The minimum Gasteiger partial charge on any atom is -0.376 e. The van der Waals surface area contributed by atoms with Gasteiger partial charge in [0.2, 0.25) is 0 Å². The molecular formula is C13H18BrF2NO. The first-order valence-electron chi connectivity index (χ1n) is 5.87. The fourth-order valence-electron chi connectivity index (χ4n) is 2.20. The Morgan fingerprint density at radius 3 is 2.33 bits per heavy atom. The van der Waals surface area contributed by atoms with Crippen LogP contribution in [0.1, 0.15) is 38.3 Å². The predicted octanol–water partition coefficient (Wildman–Crippen LogP) is 3.93. The topological polar surface area (TPSA) is 35.2 Å². The van der Waals surface area contributed by atoms with Crippen LogP contribution in [-0.2, 0) is 4.74 Å². The molecule has 0 spiro atoms. The second-order valence-corrected chi connectivity index (χ2v) is 5.06. The van der Waals surface area contributed by atoms with E-state index in [1.54, 1.807) is 0 Å². The molecule has 0 aliphatic heterocycles. The van der Waals surface area contributed by atoms with Crippen LogP contribution in [0.5, 0.6) is 0 Å². The smallest absolute Gasteiger partial charge is 0.145 e. The molecule has 0 fully saturated rings. The van der Waals surface area contributed by atoms with Crippen molar-refractivity contribution in [1.29, 1.82) is 0 Å². The molecule has 18 heavy (non-hydrogen) atoms. The van der Waals surface area contributed by atoms with E-state index in [-0.39, 0.29) is 10.0 Å². The molecule has 0 aliphatic rings. The van der Waals surface area contributed by atoms with Gasteiger partial charge in [-0.15, -0.1) is 0 Å². The van der Waals surface area contributed by atoms with Crippen molar-refractivity contribution in [1.82, 2.24) is 0 Å². The summed E-state index contributed by atoms with van der Waals surface area (Å²) in [4.78, 5) is 0. The molecule has 0 heterocycles. The van der Waals surface area contributed by atoms with Crippen LogP contribution in [0.25, 0.3) is 0 Å². The van der Waals surface area contributed by atoms with Crippen molar-refractivity contribution < 1.29 is 13.5 Å². The van der Waals surface area contributed by atoms with Gasteiger partial charge in [0, 0.05) is 12.7 Å². The summed E-state index contributed by atoms with van der Waals surface area (Å²) >= 11 is 3.04. The van der Waals surface area contributed by atoms with Gasteiger partial charge in [0.05, 0.1) is 16.1 Å². The lowest BCUT2D eigenvalue weighted by molar-refractivity contribution is -0.0401. The fraction of sp³-hybridized carbons (Fsp3) is 0.538. The Bertz CT molecular complexity index is 413. The Balaban J connectivity index is 3.33. The van der Waals surface area contributed by atoms with Crippen LogP contribution >= 0.6 is 15.9 Å². The Morgan fingerprint density at radius 2 is 1.89 bits per heavy atom. The first-order chi connectivity index (χ1) is 8.43. The van der Waals surface area contributed by atoms with Crippen LogP contribution in [0, 0.1) is 11.6 Å². The lowest BCUT2D eigenvalue weighted by Gasteiger charge is -2.36. The molecule has 0 saturated carbocycles. The van der Waals surface area contributed by atoms with Gasteiger partial charge < -0.3 is 10.5 Å². The van der Waals surface area contributed by atoms with Crippen LogP contribution in [-0.4, -0.2) is 12.7 Å². The molecule has 0 bridgehead atoms. The summed E-state index contributed by atoms with van der Waals surface area (Å²) in [5.74, 6) is -1.31. The van der Waals surface area contributed by atoms with Crippen molar-refractivity contribution in [3.05, 3.63) is 33.8 Å².